The van der Waals surface area contributed by atoms with Gasteiger partial charge in [-0.3, -0.25) is 4.84 Å². The maximum atomic E-state index is 12.3. The number of rotatable bonds is 3. The molecule has 1 fully saturated rings. The van der Waals surface area contributed by atoms with E-state index in [2.05, 4.69) is 15.9 Å². The smallest absolute Gasteiger partial charge is 0.253 e. The molecule has 0 N–H and O–H groups in total. The summed E-state index contributed by atoms with van der Waals surface area (Å²) in [4.78, 5) is 5.43. The highest BCUT2D eigenvalue weighted by atomic mass is 79.9. The lowest BCUT2D eigenvalue weighted by atomic mass is 10.2. The molecule has 1 aliphatic rings. The summed E-state index contributed by atoms with van der Waals surface area (Å²) in [6.45, 7) is 0. The Morgan fingerprint density at radius 1 is 1.05 bits per heavy atom. The van der Waals surface area contributed by atoms with E-state index in [-0.39, 0.29) is 4.90 Å². The number of sulfonamides is 1. The lowest BCUT2D eigenvalue weighted by Gasteiger charge is -2.02. The molecule has 2 unspecified atom stereocenters. The van der Waals surface area contributed by atoms with Crippen molar-refractivity contribution in [2.75, 3.05) is 0 Å². The Kier molecular flexibility index (Phi) is 3.18. The van der Waals surface area contributed by atoms with E-state index in [9.17, 15) is 8.42 Å². The fourth-order valence-corrected chi connectivity index (χ4v) is 3.49. The molecule has 4 nitrogen and oxygen atoms in total. The second-order valence-corrected chi connectivity index (χ2v) is 6.78. The van der Waals surface area contributed by atoms with Crippen LogP contribution in [-0.4, -0.2) is 12.9 Å². The molecule has 2 aromatic carbocycles. The van der Waals surface area contributed by atoms with E-state index in [1.165, 1.54) is 0 Å². The van der Waals surface area contributed by atoms with Gasteiger partial charge in [-0.2, -0.15) is 0 Å². The third-order valence-electron chi connectivity index (χ3n) is 2.76. The summed E-state index contributed by atoms with van der Waals surface area (Å²) >= 11 is 3.35. The second kappa shape index (κ2) is 4.72. The minimum absolute atomic E-state index is 0.229. The van der Waals surface area contributed by atoms with E-state index in [0.29, 0.717) is 0 Å². The molecule has 3 rings (SSSR count). The van der Waals surface area contributed by atoms with E-state index in [4.69, 9.17) is 4.84 Å². The lowest BCUT2D eigenvalue weighted by molar-refractivity contribution is 0.283. The van der Waals surface area contributed by atoms with Crippen molar-refractivity contribution >= 4 is 26.0 Å². The largest absolute Gasteiger partial charge is 0.267 e. The first kappa shape index (κ1) is 12.8. The molecule has 0 radical (unpaired) electrons. The Balaban J connectivity index is 1.87. The number of hydrogen-bond donors (Lipinski definition) is 0. The van der Waals surface area contributed by atoms with Crippen LogP contribution in [0.1, 0.15) is 11.8 Å². The first-order chi connectivity index (χ1) is 9.09. The first-order valence-electron chi connectivity index (χ1n) is 5.61. The standard InChI is InChI=1S/C13H10BrNO3S/c14-11-6-4-5-10(9-11)13-15(18-13)19(16,17)12-7-2-1-3-8-12/h1-9,13H. The first-order valence-corrected chi connectivity index (χ1v) is 7.84. The number of benzene rings is 2. The van der Waals surface area contributed by atoms with Gasteiger partial charge in [-0.1, -0.05) is 46.3 Å². The molecule has 0 aromatic heterocycles. The van der Waals surface area contributed by atoms with Gasteiger partial charge in [0.25, 0.3) is 10.0 Å². The minimum atomic E-state index is -3.58. The van der Waals surface area contributed by atoms with Crippen LogP contribution in [0.4, 0.5) is 0 Å². The molecule has 6 heteroatoms. The van der Waals surface area contributed by atoms with Crippen molar-refractivity contribution in [3.8, 4) is 0 Å². The fraction of sp³-hybridized carbons (Fsp3) is 0.0769. The van der Waals surface area contributed by atoms with Gasteiger partial charge in [0.2, 0.25) is 0 Å². The van der Waals surface area contributed by atoms with Crippen molar-refractivity contribution in [1.82, 2.24) is 4.47 Å². The summed E-state index contributed by atoms with van der Waals surface area (Å²) in [6, 6.07) is 15.6. The molecule has 2 atom stereocenters. The van der Waals surface area contributed by atoms with Crippen LogP contribution in [0.3, 0.4) is 0 Å². The zero-order valence-corrected chi connectivity index (χ0v) is 12.1. The normalized spacial score (nSPS) is 22.2. The van der Waals surface area contributed by atoms with Crippen LogP contribution < -0.4 is 0 Å². The fourth-order valence-electron chi connectivity index (χ4n) is 1.79. The lowest BCUT2D eigenvalue weighted by Crippen LogP contribution is -2.12. The predicted molar refractivity (Wildman–Crippen MR) is 73.4 cm³/mol. The van der Waals surface area contributed by atoms with Gasteiger partial charge in [0.05, 0.1) is 4.90 Å². The zero-order chi connectivity index (χ0) is 13.5. The van der Waals surface area contributed by atoms with Crippen molar-refractivity contribution in [1.29, 1.82) is 0 Å². The Bertz CT molecular complexity index is 703. The number of halogens is 1. The summed E-state index contributed by atoms with van der Waals surface area (Å²) in [5.74, 6) is 0. The number of hydrogen-bond acceptors (Lipinski definition) is 3. The molecular weight excluding hydrogens is 330 g/mol. The summed E-state index contributed by atoms with van der Waals surface area (Å²) in [5, 5.41) is 0. The van der Waals surface area contributed by atoms with Crippen molar-refractivity contribution in [2.45, 2.75) is 11.1 Å². The van der Waals surface area contributed by atoms with E-state index in [0.717, 1.165) is 14.5 Å². The Morgan fingerprint density at radius 2 is 1.79 bits per heavy atom. The minimum Gasteiger partial charge on any atom is -0.253 e. The number of hydroxylamine groups is 1. The molecular formula is C13H10BrNO3S. The van der Waals surface area contributed by atoms with Gasteiger partial charge in [0, 0.05) is 10.0 Å². The highest BCUT2D eigenvalue weighted by molar-refractivity contribution is 9.10. The average molecular weight is 340 g/mol. The van der Waals surface area contributed by atoms with Crippen LogP contribution in [0.2, 0.25) is 0 Å². The predicted octanol–water partition coefficient (Wildman–Crippen LogP) is 3.08. The van der Waals surface area contributed by atoms with Gasteiger partial charge >= 0.3 is 0 Å². The van der Waals surface area contributed by atoms with E-state index in [1.54, 1.807) is 30.3 Å². The summed E-state index contributed by atoms with van der Waals surface area (Å²) in [6.07, 6.45) is -0.539. The molecule has 0 amide bonds. The van der Waals surface area contributed by atoms with Crippen LogP contribution >= 0.6 is 15.9 Å². The molecule has 98 valence electrons. The Morgan fingerprint density at radius 3 is 2.47 bits per heavy atom. The van der Waals surface area contributed by atoms with Gasteiger partial charge in [0.1, 0.15) is 0 Å². The molecule has 0 saturated carbocycles. The second-order valence-electron chi connectivity index (χ2n) is 4.09. The molecule has 1 aliphatic heterocycles. The van der Waals surface area contributed by atoms with Gasteiger partial charge in [-0.15, -0.1) is 0 Å². The quantitative estimate of drug-likeness (QED) is 0.807. The Hall–Kier alpha value is -1.21. The van der Waals surface area contributed by atoms with Gasteiger partial charge in [-0.05, 0) is 28.7 Å². The molecule has 0 aliphatic carbocycles. The molecule has 1 heterocycles. The maximum Gasteiger partial charge on any atom is 0.267 e. The number of nitrogens with zero attached hydrogens (tertiary/aromatic N) is 1. The summed E-state index contributed by atoms with van der Waals surface area (Å²) < 4.78 is 26.4. The molecule has 1 saturated heterocycles. The maximum absolute atomic E-state index is 12.3. The van der Waals surface area contributed by atoms with Gasteiger partial charge < -0.3 is 0 Å². The summed E-state index contributed by atoms with van der Waals surface area (Å²) in [5.41, 5.74) is 0.800. The van der Waals surface area contributed by atoms with Crippen molar-refractivity contribution in [3.63, 3.8) is 0 Å². The molecule has 0 bridgehead atoms. The average Bonchev–Trinajstić information content (AvgIpc) is 3.21. The van der Waals surface area contributed by atoms with Crippen molar-refractivity contribution in [3.05, 3.63) is 64.6 Å². The van der Waals surface area contributed by atoms with Crippen LogP contribution in [0.15, 0.2) is 64.0 Å². The summed E-state index contributed by atoms with van der Waals surface area (Å²) in [7, 11) is -3.58. The topological polar surface area (TPSA) is 49.7 Å². The highest BCUT2D eigenvalue weighted by Gasteiger charge is 2.48. The van der Waals surface area contributed by atoms with Crippen LogP contribution in [0.5, 0.6) is 0 Å². The van der Waals surface area contributed by atoms with Gasteiger partial charge in [0.15, 0.2) is 6.23 Å². The van der Waals surface area contributed by atoms with Crippen LogP contribution in [0, 0.1) is 0 Å². The van der Waals surface area contributed by atoms with Crippen LogP contribution in [-0.2, 0) is 14.9 Å². The molecule has 2 aromatic rings. The SMILES string of the molecule is O=S(=O)(c1ccccc1)N1OC1c1cccc(Br)c1. The Labute approximate surface area is 119 Å². The van der Waals surface area contributed by atoms with Crippen molar-refractivity contribution < 1.29 is 13.3 Å². The van der Waals surface area contributed by atoms with E-state index >= 15 is 0 Å². The van der Waals surface area contributed by atoms with Crippen molar-refractivity contribution in [2.24, 2.45) is 0 Å². The van der Waals surface area contributed by atoms with E-state index < -0.39 is 16.3 Å². The highest BCUT2D eigenvalue weighted by Crippen LogP contribution is 2.42. The third-order valence-corrected chi connectivity index (χ3v) is 4.87. The van der Waals surface area contributed by atoms with Gasteiger partial charge in [-0.25, -0.2) is 8.42 Å². The molecule has 19 heavy (non-hydrogen) atoms. The molecule has 0 spiro atoms. The van der Waals surface area contributed by atoms with E-state index in [1.807, 2.05) is 24.3 Å². The van der Waals surface area contributed by atoms with Crippen LogP contribution in [0.25, 0.3) is 0 Å². The zero-order valence-electron chi connectivity index (χ0n) is 9.73. The third kappa shape index (κ3) is 2.44. The monoisotopic (exact) mass is 339 g/mol.